The largest absolute Gasteiger partial charge is 0.462 e. The molecule has 5 unspecified atom stereocenters. The summed E-state index contributed by atoms with van der Waals surface area (Å²) in [5, 5.41) is 0. The van der Waals surface area contributed by atoms with Gasteiger partial charge in [-0.05, 0) is 36.5 Å². The first kappa shape index (κ1) is 12.5. The van der Waals surface area contributed by atoms with Crippen LogP contribution in [0.4, 0.5) is 0 Å². The van der Waals surface area contributed by atoms with Crippen molar-refractivity contribution < 1.29 is 9.53 Å². The van der Waals surface area contributed by atoms with E-state index in [-0.39, 0.29) is 18.0 Å². The van der Waals surface area contributed by atoms with E-state index < -0.39 is 0 Å². The Morgan fingerprint density at radius 1 is 1.06 bits per heavy atom. The maximum Gasteiger partial charge on any atom is 0.308 e. The van der Waals surface area contributed by atoms with Crippen LogP contribution in [0.15, 0.2) is 0 Å². The van der Waals surface area contributed by atoms with Gasteiger partial charge in [-0.2, -0.15) is 0 Å². The molecule has 3 aliphatic carbocycles. The fourth-order valence-electron chi connectivity index (χ4n) is 4.86. The van der Waals surface area contributed by atoms with E-state index in [9.17, 15) is 4.79 Å². The third kappa shape index (κ3) is 2.08. The van der Waals surface area contributed by atoms with Gasteiger partial charge in [0.25, 0.3) is 0 Å². The molecule has 2 heteroatoms. The number of hydrogen-bond donors (Lipinski definition) is 0. The number of carbonyl (C=O) groups excluding carboxylic acids is 1. The van der Waals surface area contributed by atoms with Crippen LogP contribution in [0.1, 0.15) is 58.8 Å². The zero-order valence-electron chi connectivity index (χ0n) is 11.7. The maximum atomic E-state index is 11.8. The minimum absolute atomic E-state index is 0.0146. The second-order valence-electron chi connectivity index (χ2n) is 6.99. The summed E-state index contributed by atoms with van der Waals surface area (Å²) < 4.78 is 5.81. The average Bonchev–Trinajstić information content (AvgIpc) is 2.70. The van der Waals surface area contributed by atoms with Gasteiger partial charge in [-0.15, -0.1) is 0 Å². The summed E-state index contributed by atoms with van der Waals surface area (Å²) in [4.78, 5) is 11.8. The van der Waals surface area contributed by atoms with E-state index in [1.165, 1.54) is 38.5 Å². The fraction of sp³-hybridized carbons (Fsp3) is 0.938. The minimum atomic E-state index is 0.0146. The highest BCUT2D eigenvalue weighted by molar-refractivity contribution is 5.71. The topological polar surface area (TPSA) is 26.3 Å². The Hall–Kier alpha value is -0.530. The molecule has 3 saturated carbocycles. The second-order valence-corrected chi connectivity index (χ2v) is 6.99. The molecule has 0 N–H and O–H groups in total. The molecule has 18 heavy (non-hydrogen) atoms. The Labute approximate surface area is 110 Å². The lowest BCUT2D eigenvalue weighted by Gasteiger charge is -2.41. The summed E-state index contributed by atoms with van der Waals surface area (Å²) in [6.45, 7) is 3.88. The second kappa shape index (κ2) is 4.86. The maximum absolute atomic E-state index is 11.8. The van der Waals surface area contributed by atoms with Crippen molar-refractivity contribution in [2.45, 2.75) is 64.9 Å². The van der Waals surface area contributed by atoms with Crippen molar-refractivity contribution in [2.75, 3.05) is 0 Å². The van der Waals surface area contributed by atoms with Crippen LogP contribution >= 0.6 is 0 Å². The summed E-state index contributed by atoms with van der Waals surface area (Å²) in [6.07, 6.45) is 9.71. The van der Waals surface area contributed by atoms with Gasteiger partial charge in [0, 0.05) is 0 Å². The highest BCUT2D eigenvalue weighted by atomic mass is 16.5. The SMILES string of the molecule is CC(C)C(=O)OC1CC2CCCC3CCCC1C32. The molecule has 3 fully saturated rings. The van der Waals surface area contributed by atoms with Gasteiger partial charge < -0.3 is 4.74 Å². The standard InChI is InChI=1S/C16H26O2/c1-10(2)16(17)18-14-9-12-7-3-5-11-6-4-8-13(14)15(11)12/h10-15H,3-9H2,1-2H3. The van der Waals surface area contributed by atoms with Crippen molar-refractivity contribution in [3.05, 3.63) is 0 Å². The van der Waals surface area contributed by atoms with Crippen LogP contribution in [0.25, 0.3) is 0 Å². The van der Waals surface area contributed by atoms with Gasteiger partial charge in [-0.1, -0.05) is 46.0 Å². The predicted molar refractivity (Wildman–Crippen MR) is 71.0 cm³/mol. The Bertz CT molecular complexity index is 321. The Balaban J connectivity index is 1.72. The van der Waals surface area contributed by atoms with Gasteiger partial charge in [0.05, 0.1) is 5.92 Å². The van der Waals surface area contributed by atoms with Gasteiger partial charge in [0.15, 0.2) is 0 Å². The van der Waals surface area contributed by atoms with Crippen molar-refractivity contribution in [1.82, 2.24) is 0 Å². The van der Waals surface area contributed by atoms with E-state index in [1.807, 2.05) is 13.8 Å². The molecule has 3 rings (SSSR count). The van der Waals surface area contributed by atoms with Gasteiger partial charge in [-0.25, -0.2) is 0 Å². The Morgan fingerprint density at radius 2 is 1.72 bits per heavy atom. The molecule has 0 aromatic rings. The number of ether oxygens (including phenoxy) is 1. The molecule has 0 aromatic heterocycles. The van der Waals surface area contributed by atoms with E-state index >= 15 is 0 Å². The third-order valence-electron chi connectivity index (χ3n) is 5.60. The van der Waals surface area contributed by atoms with Gasteiger partial charge in [0.1, 0.15) is 6.10 Å². The quantitative estimate of drug-likeness (QED) is 0.697. The van der Waals surface area contributed by atoms with E-state index in [1.54, 1.807) is 0 Å². The van der Waals surface area contributed by atoms with Crippen LogP contribution in [-0.4, -0.2) is 12.1 Å². The average molecular weight is 250 g/mol. The predicted octanol–water partition coefficient (Wildman–Crippen LogP) is 3.79. The third-order valence-corrected chi connectivity index (χ3v) is 5.60. The number of esters is 1. The molecule has 5 atom stereocenters. The zero-order valence-corrected chi connectivity index (χ0v) is 11.7. The van der Waals surface area contributed by atoms with Crippen molar-refractivity contribution >= 4 is 5.97 Å². The highest BCUT2D eigenvalue weighted by Gasteiger charge is 2.50. The van der Waals surface area contributed by atoms with Gasteiger partial charge in [-0.3, -0.25) is 4.79 Å². The lowest BCUT2D eigenvalue weighted by Crippen LogP contribution is -2.35. The number of rotatable bonds is 2. The summed E-state index contributed by atoms with van der Waals surface area (Å²) in [6, 6.07) is 0. The molecule has 0 aliphatic heterocycles. The molecular weight excluding hydrogens is 224 g/mol. The molecule has 0 spiro atoms. The van der Waals surface area contributed by atoms with E-state index in [2.05, 4.69) is 0 Å². The molecule has 102 valence electrons. The van der Waals surface area contributed by atoms with Crippen LogP contribution in [0.3, 0.4) is 0 Å². The van der Waals surface area contributed by atoms with Crippen LogP contribution in [0.5, 0.6) is 0 Å². The van der Waals surface area contributed by atoms with Gasteiger partial charge >= 0.3 is 5.97 Å². The molecule has 0 bridgehead atoms. The van der Waals surface area contributed by atoms with E-state index in [0.29, 0.717) is 5.92 Å². The van der Waals surface area contributed by atoms with Crippen LogP contribution in [-0.2, 0) is 9.53 Å². The minimum Gasteiger partial charge on any atom is -0.462 e. The molecule has 3 aliphatic rings. The van der Waals surface area contributed by atoms with Crippen molar-refractivity contribution in [2.24, 2.45) is 29.6 Å². The van der Waals surface area contributed by atoms with E-state index in [4.69, 9.17) is 4.74 Å². The van der Waals surface area contributed by atoms with Crippen molar-refractivity contribution in [1.29, 1.82) is 0 Å². The van der Waals surface area contributed by atoms with Crippen LogP contribution < -0.4 is 0 Å². The molecule has 0 radical (unpaired) electrons. The molecule has 2 nitrogen and oxygen atoms in total. The smallest absolute Gasteiger partial charge is 0.308 e. The first-order valence-electron chi connectivity index (χ1n) is 7.87. The first-order valence-corrected chi connectivity index (χ1v) is 7.87. The van der Waals surface area contributed by atoms with Crippen LogP contribution in [0.2, 0.25) is 0 Å². The van der Waals surface area contributed by atoms with Crippen molar-refractivity contribution in [3.63, 3.8) is 0 Å². The lowest BCUT2D eigenvalue weighted by molar-refractivity contribution is -0.155. The molecule has 0 heterocycles. The molecule has 0 amide bonds. The molecule has 0 saturated heterocycles. The Morgan fingerprint density at radius 3 is 2.44 bits per heavy atom. The number of carbonyl (C=O) groups is 1. The highest BCUT2D eigenvalue weighted by Crippen LogP contribution is 2.55. The summed E-state index contributed by atoms with van der Waals surface area (Å²) >= 11 is 0. The number of hydrogen-bond acceptors (Lipinski definition) is 2. The van der Waals surface area contributed by atoms with Gasteiger partial charge in [0.2, 0.25) is 0 Å². The molecule has 0 aromatic carbocycles. The molecular formula is C16H26O2. The summed E-state index contributed by atoms with van der Waals surface area (Å²) in [5.74, 6) is 3.42. The monoisotopic (exact) mass is 250 g/mol. The summed E-state index contributed by atoms with van der Waals surface area (Å²) in [7, 11) is 0. The normalized spacial score (nSPS) is 42.7. The fourth-order valence-corrected chi connectivity index (χ4v) is 4.86. The van der Waals surface area contributed by atoms with E-state index in [0.717, 1.165) is 24.2 Å². The summed E-state index contributed by atoms with van der Waals surface area (Å²) in [5.41, 5.74) is 0. The zero-order chi connectivity index (χ0) is 12.7. The van der Waals surface area contributed by atoms with Crippen LogP contribution in [0, 0.1) is 29.6 Å². The lowest BCUT2D eigenvalue weighted by atomic mass is 9.65. The van der Waals surface area contributed by atoms with Crippen molar-refractivity contribution in [3.8, 4) is 0 Å². The Kier molecular flexibility index (Phi) is 3.38. The first-order chi connectivity index (χ1) is 8.66.